The van der Waals surface area contributed by atoms with Crippen molar-refractivity contribution in [2.45, 2.75) is 12.8 Å². The Morgan fingerprint density at radius 1 is 1.30 bits per heavy atom. The quantitative estimate of drug-likeness (QED) is 0.521. The van der Waals surface area contributed by atoms with Crippen molar-refractivity contribution in [3.05, 3.63) is 0 Å². The van der Waals surface area contributed by atoms with Crippen LogP contribution in [0.3, 0.4) is 0 Å². The molecule has 0 aliphatic carbocycles. The van der Waals surface area contributed by atoms with Crippen LogP contribution < -0.4 is 0 Å². The van der Waals surface area contributed by atoms with Crippen molar-refractivity contribution in [1.29, 1.82) is 0 Å². The molecule has 1 aliphatic rings. The fraction of sp³-hybridized carbons (Fsp3) is 1.00. The van der Waals surface area contributed by atoms with Crippen molar-refractivity contribution >= 4 is 9.92 Å². The largest absolute Gasteiger partial charge is 0.331 e. The highest BCUT2D eigenvalue weighted by Gasteiger charge is 2.11. The number of hydrogen-bond donors (Lipinski definition) is 0. The van der Waals surface area contributed by atoms with E-state index in [0.29, 0.717) is 0 Å². The van der Waals surface area contributed by atoms with E-state index >= 15 is 0 Å². The Kier molecular flexibility index (Phi) is 3.34. The molecule has 0 aromatic rings. The van der Waals surface area contributed by atoms with E-state index in [4.69, 9.17) is 4.53 Å². The maximum Gasteiger partial charge on any atom is 0.264 e. The topological polar surface area (TPSA) is 15.7 Å². The van der Waals surface area contributed by atoms with E-state index in [2.05, 4.69) is 23.7 Å². The monoisotopic (exact) mass is 160 g/mol. The highest BCUT2D eigenvalue weighted by atomic mass is 28.2. The predicted octanol–water partition coefficient (Wildman–Crippen LogP) is -0.426. The first-order valence-corrected chi connectivity index (χ1v) is 5.02. The molecule has 0 amide bonds. The lowest BCUT2D eigenvalue weighted by Crippen LogP contribution is -2.29. The van der Waals surface area contributed by atoms with E-state index in [1.165, 1.54) is 12.8 Å². The molecule has 1 aliphatic heterocycles. The number of hydroxylamine groups is 2. The normalized spacial score (nSPS) is 21.9. The lowest BCUT2D eigenvalue weighted by Gasteiger charge is -2.17. The summed E-state index contributed by atoms with van der Waals surface area (Å²) in [4.78, 5) is 0. The standard InChI is InChI=1S/C6H16N2OSi/c1-7(2)10-9-8-5-3-4-6-8/h3-6,10H2,1-2H3. The van der Waals surface area contributed by atoms with Crippen LogP contribution in [-0.2, 0) is 4.53 Å². The van der Waals surface area contributed by atoms with Crippen LogP contribution in [0.15, 0.2) is 0 Å². The van der Waals surface area contributed by atoms with Gasteiger partial charge in [0.2, 0.25) is 0 Å². The van der Waals surface area contributed by atoms with Gasteiger partial charge in [0.15, 0.2) is 0 Å². The van der Waals surface area contributed by atoms with Crippen LogP contribution in [-0.4, -0.2) is 46.7 Å². The molecule has 1 rings (SSSR count). The summed E-state index contributed by atoms with van der Waals surface area (Å²) in [6.07, 6.45) is 2.61. The van der Waals surface area contributed by atoms with Crippen LogP contribution in [0.2, 0.25) is 0 Å². The molecule has 0 spiro atoms. The van der Waals surface area contributed by atoms with Crippen molar-refractivity contribution in [1.82, 2.24) is 9.63 Å². The Hall–Kier alpha value is 0.0969. The number of hydrogen-bond acceptors (Lipinski definition) is 3. The third-order valence-corrected chi connectivity index (χ3v) is 2.56. The van der Waals surface area contributed by atoms with Gasteiger partial charge < -0.3 is 9.09 Å². The molecule has 0 aromatic heterocycles. The summed E-state index contributed by atoms with van der Waals surface area (Å²) in [7, 11) is 3.72. The van der Waals surface area contributed by atoms with Gasteiger partial charge in [-0.1, -0.05) is 0 Å². The van der Waals surface area contributed by atoms with Crippen LogP contribution in [0.1, 0.15) is 12.8 Å². The summed E-state index contributed by atoms with van der Waals surface area (Å²) in [6, 6.07) is 0. The van der Waals surface area contributed by atoms with Gasteiger partial charge in [0.25, 0.3) is 9.92 Å². The van der Waals surface area contributed by atoms with Gasteiger partial charge in [-0.3, -0.25) is 0 Å². The zero-order chi connectivity index (χ0) is 7.40. The van der Waals surface area contributed by atoms with Crippen LogP contribution in [0.25, 0.3) is 0 Å². The summed E-state index contributed by atoms with van der Waals surface area (Å²) in [5, 5.41) is 2.10. The first kappa shape index (κ1) is 8.20. The fourth-order valence-corrected chi connectivity index (χ4v) is 1.67. The van der Waals surface area contributed by atoms with Gasteiger partial charge in [-0.15, -0.1) is 0 Å². The molecular weight excluding hydrogens is 144 g/mol. The number of rotatable bonds is 3. The zero-order valence-corrected chi connectivity index (χ0v) is 8.25. The molecule has 0 unspecified atom stereocenters. The van der Waals surface area contributed by atoms with Gasteiger partial charge in [0.1, 0.15) is 0 Å². The van der Waals surface area contributed by atoms with Crippen LogP contribution in [0.4, 0.5) is 0 Å². The average molecular weight is 160 g/mol. The molecule has 0 aromatic carbocycles. The summed E-state index contributed by atoms with van der Waals surface area (Å²) >= 11 is 0. The lowest BCUT2D eigenvalue weighted by molar-refractivity contribution is -0.0399. The van der Waals surface area contributed by atoms with Gasteiger partial charge in [0, 0.05) is 13.1 Å². The summed E-state index contributed by atoms with van der Waals surface area (Å²) < 4.78 is 7.73. The van der Waals surface area contributed by atoms with E-state index in [1.807, 2.05) is 0 Å². The van der Waals surface area contributed by atoms with E-state index < -0.39 is 9.92 Å². The van der Waals surface area contributed by atoms with Crippen LogP contribution in [0, 0.1) is 0 Å². The molecule has 60 valence electrons. The summed E-state index contributed by atoms with van der Waals surface area (Å²) in [5.41, 5.74) is 0. The van der Waals surface area contributed by atoms with E-state index in [9.17, 15) is 0 Å². The Labute approximate surface area is 64.9 Å². The first-order valence-electron chi connectivity index (χ1n) is 3.81. The molecule has 4 heteroatoms. The fourth-order valence-electron chi connectivity index (χ4n) is 1.01. The maximum atomic E-state index is 5.56. The smallest absolute Gasteiger partial charge is 0.264 e. The van der Waals surface area contributed by atoms with Crippen molar-refractivity contribution in [2.24, 2.45) is 0 Å². The molecule has 1 saturated heterocycles. The molecule has 3 nitrogen and oxygen atoms in total. The minimum atomic E-state index is -0.424. The average Bonchev–Trinajstić information content (AvgIpc) is 2.34. The summed E-state index contributed by atoms with van der Waals surface area (Å²) in [5.74, 6) is 0. The molecule has 10 heavy (non-hydrogen) atoms. The predicted molar refractivity (Wildman–Crippen MR) is 44.1 cm³/mol. The van der Waals surface area contributed by atoms with Crippen molar-refractivity contribution in [3.8, 4) is 0 Å². The molecule has 0 atom stereocenters. The van der Waals surface area contributed by atoms with Crippen molar-refractivity contribution in [2.75, 3.05) is 27.2 Å². The van der Waals surface area contributed by atoms with Gasteiger partial charge in [-0.2, -0.15) is 0 Å². The van der Waals surface area contributed by atoms with E-state index in [1.54, 1.807) is 0 Å². The third kappa shape index (κ3) is 2.79. The molecule has 0 radical (unpaired) electrons. The number of nitrogens with zero attached hydrogens (tertiary/aromatic N) is 2. The minimum Gasteiger partial charge on any atom is -0.331 e. The molecule has 0 saturated carbocycles. The van der Waals surface area contributed by atoms with Crippen LogP contribution >= 0.6 is 0 Å². The van der Waals surface area contributed by atoms with Crippen molar-refractivity contribution in [3.63, 3.8) is 0 Å². The summed E-state index contributed by atoms with van der Waals surface area (Å²) in [6.45, 7) is 2.28. The highest BCUT2D eigenvalue weighted by molar-refractivity contribution is 6.22. The van der Waals surface area contributed by atoms with Crippen LogP contribution in [0.5, 0.6) is 0 Å². The second kappa shape index (κ2) is 4.08. The molecule has 1 heterocycles. The lowest BCUT2D eigenvalue weighted by atomic mass is 10.4. The molecule has 0 N–H and O–H groups in total. The highest BCUT2D eigenvalue weighted by Crippen LogP contribution is 2.06. The van der Waals surface area contributed by atoms with Gasteiger partial charge >= 0.3 is 0 Å². The molecule has 0 bridgehead atoms. The second-order valence-corrected chi connectivity index (χ2v) is 4.76. The Morgan fingerprint density at radius 2 is 1.90 bits per heavy atom. The second-order valence-electron chi connectivity index (χ2n) is 2.97. The zero-order valence-electron chi connectivity index (χ0n) is 6.84. The van der Waals surface area contributed by atoms with Gasteiger partial charge in [-0.05, 0) is 26.9 Å². The maximum absolute atomic E-state index is 5.56. The molecular formula is C6H16N2OSi. The SMILES string of the molecule is CN(C)[SiH2]ON1CCCC1. The Morgan fingerprint density at radius 3 is 2.40 bits per heavy atom. The van der Waals surface area contributed by atoms with Gasteiger partial charge in [0.05, 0.1) is 0 Å². The Bertz CT molecular complexity index is 93.7. The van der Waals surface area contributed by atoms with Gasteiger partial charge in [-0.25, -0.2) is 5.06 Å². The Balaban J connectivity index is 2.01. The van der Waals surface area contributed by atoms with E-state index in [0.717, 1.165) is 13.1 Å². The molecule has 1 fully saturated rings. The minimum absolute atomic E-state index is 0.424. The van der Waals surface area contributed by atoms with E-state index in [-0.39, 0.29) is 0 Å². The first-order chi connectivity index (χ1) is 4.79. The van der Waals surface area contributed by atoms with Crippen molar-refractivity contribution < 1.29 is 4.53 Å². The third-order valence-electron chi connectivity index (χ3n) is 1.56.